The summed E-state index contributed by atoms with van der Waals surface area (Å²) in [6, 6.07) is 0.157. The first-order valence-corrected chi connectivity index (χ1v) is 5.28. The number of nitrogens with two attached hydrogens (primary N) is 1. The normalized spacial score (nSPS) is 15.2. The lowest BCUT2D eigenvalue weighted by Gasteiger charge is -2.06. The number of methoxy groups -OCH3 is 1. The quantitative estimate of drug-likeness (QED) is 0.774. The summed E-state index contributed by atoms with van der Waals surface area (Å²) in [5.41, 5.74) is 5.64. The fourth-order valence-corrected chi connectivity index (χ4v) is 1.31. The molecule has 1 aromatic heterocycles. The van der Waals surface area contributed by atoms with E-state index in [1.165, 1.54) is 0 Å². The molecule has 1 rings (SSSR count). The van der Waals surface area contributed by atoms with Crippen LogP contribution < -0.4 is 5.73 Å². The number of aryl methyl sites for hydroxylation is 1. The largest absolute Gasteiger partial charge is 0.373 e. The Morgan fingerprint density at radius 2 is 2.27 bits per heavy atom. The van der Waals surface area contributed by atoms with Crippen molar-refractivity contribution in [2.75, 3.05) is 7.11 Å². The van der Waals surface area contributed by atoms with Gasteiger partial charge in [0.1, 0.15) is 6.10 Å². The highest BCUT2D eigenvalue weighted by molar-refractivity contribution is 4.91. The molecule has 2 atom stereocenters. The van der Waals surface area contributed by atoms with Gasteiger partial charge >= 0.3 is 0 Å². The Morgan fingerprint density at radius 1 is 1.53 bits per heavy atom. The minimum absolute atomic E-state index is 0.0715. The van der Waals surface area contributed by atoms with Crippen molar-refractivity contribution in [2.45, 2.75) is 45.3 Å². The van der Waals surface area contributed by atoms with E-state index in [9.17, 15) is 0 Å². The van der Waals surface area contributed by atoms with Crippen LogP contribution in [0.1, 0.15) is 44.5 Å². The van der Waals surface area contributed by atoms with E-state index in [0.717, 1.165) is 19.3 Å². The molecule has 5 nitrogen and oxygen atoms in total. The predicted octanol–water partition coefficient (Wildman–Crippen LogP) is 1.45. The molecule has 0 saturated carbocycles. The van der Waals surface area contributed by atoms with Crippen LogP contribution in [0.25, 0.3) is 0 Å². The van der Waals surface area contributed by atoms with E-state index < -0.39 is 0 Å². The topological polar surface area (TPSA) is 74.2 Å². The lowest BCUT2D eigenvalue weighted by atomic mass is 10.2. The van der Waals surface area contributed by atoms with Crippen LogP contribution in [0.2, 0.25) is 0 Å². The summed E-state index contributed by atoms with van der Waals surface area (Å²) >= 11 is 0. The van der Waals surface area contributed by atoms with Gasteiger partial charge in [-0.1, -0.05) is 12.1 Å². The summed E-state index contributed by atoms with van der Waals surface area (Å²) < 4.78 is 10.3. The predicted molar refractivity (Wildman–Crippen MR) is 56.3 cm³/mol. The zero-order chi connectivity index (χ0) is 11.3. The van der Waals surface area contributed by atoms with Crippen molar-refractivity contribution in [1.82, 2.24) is 10.1 Å². The van der Waals surface area contributed by atoms with Gasteiger partial charge in [0.25, 0.3) is 0 Å². The van der Waals surface area contributed by atoms with Gasteiger partial charge in [-0.25, -0.2) is 0 Å². The van der Waals surface area contributed by atoms with Crippen LogP contribution in [0.5, 0.6) is 0 Å². The van der Waals surface area contributed by atoms with Crippen molar-refractivity contribution in [3.8, 4) is 0 Å². The van der Waals surface area contributed by atoms with E-state index in [1.54, 1.807) is 7.11 Å². The fourth-order valence-electron chi connectivity index (χ4n) is 1.31. The van der Waals surface area contributed by atoms with Gasteiger partial charge in [0.2, 0.25) is 11.7 Å². The van der Waals surface area contributed by atoms with Crippen molar-refractivity contribution in [3.05, 3.63) is 11.7 Å². The van der Waals surface area contributed by atoms with Crippen molar-refractivity contribution < 1.29 is 9.26 Å². The van der Waals surface area contributed by atoms with E-state index in [-0.39, 0.29) is 12.1 Å². The molecule has 2 unspecified atom stereocenters. The van der Waals surface area contributed by atoms with Crippen LogP contribution in [0.15, 0.2) is 4.52 Å². The average molecular weight is 213 g/mol. The van der Waals surface area contributed by atoms with Crippen LogP contribution in [0.4, 0.5) is 0 Å². The maximum atomic E-state index is 5.64. The fraction of sp³-hybridized carbons (Fsp3) is 0.800. The Morgan fingerprint density at radius 3 is 2.80 bits per heavy atom. The lowest BCUT2D eigenvalue weighted by molar-refractivity contribution is 0.0903. The van der Waals surface area contributed by atoms with Crippen molar-refractivity contribution in [3.63, 3.8) is 0 Å². The minimum atomic E-state index is -0.0715. The standard InChI is InChI=1S/C10H19N3O2/c1-4-8(14-3)10-12-9(15-13-10)6-5-7(2)11/h7-8H,4-6,11H2,1-3H3. The van der Waals surface area contributed by atoms with Crippen LogP contribution in [-0.2, 0) is 11.2 Å². The molecule has 5 heteroatoms. The number of nitrogens with zero attached hydrogens (tertiary/aromatic N) is 2. The second-order valence-corrected chi connectivity index (χ2v) is 3.69. The van der Waals surface area contributed by atoms with Gasteiger partial charge < -0.3 is 15.0 Å². The first kappa shape index (κ1) is 12.1. The van der Waals surface area contributed by atoms with Crippen LogP contribution in [-0.4, -0.2) is 23.3 Å². The molecule has 86 valence electrons. The summed E-state index contributed by atoms with van der Waals surface area (Å²) in [6.07, 6.45) is 2.34. The Bertz CT molecular complexity index is 282. The summed E-state index contributed by atoms with van der Waals surface area (Å²) in [5.74, 6) is 1.26. The molecular formula is C10H19N3O2. The number of aromatic nitrogens is 2. The SMILES string of the molecule is CCC(OC)c1noc(CCC(C)N)n1. The minimum Gasteiger partial charge on any atom is -0.373 e. The van der Waals surface area contributed by atoms with Gasteiger partial charge in [-0.05, 0) is 19.8 Å². The zero-order valence-electron chi connectivity index (χ0n) is 9.56. The number of hydrogen-bond acceptors (Lipinski definition) is 5. The zero-order valence-corrected chi connectivity index (χ0v) is 9.56. The second-order valence-electron chi connectivity index (χ2n) is 3.69. The van der Waals surface area contributed by atoms with E-state index in [0.29, 0.717) is 11.7 Å². The summed E-state index contributed by atoms with van der Waals surface area (Å²) in [6.45, 7) is 3.98. The Kier molecular flexibility index (Phi) is 4.71. The molecule has 0 spiro atoms. The summed E-state index contributed by atoms with van der Waals surface area (Å²) in [7, 11) is 1.64. The average Bonchev–Trinajstić information content (AvgIpc) is 2.65. The first-order chi connectivity index (χ1) is 7.17. The smallest absolute Gasteiger partial charge is 0.226 e. The van der Waals surface area contributed by atoms with Crippen LogP contribution in [0.3, 0.4) is 0 Å². The molecule has 1 heterocycles. The maximum Gasteiger partial charge on any atom is 0.226 e. The second kappa shape index (κ2) is 5.82. The molecule has 0 aliphatic carbocycles. The highest BCUT2D eigenvalue weighted by atomic mass is 16.5. The molecule has 0 fully saturated rings. The molecule has 0 aliphatic rings. The van der Waals surface area contributed by atoms with Gasteiger partial charge in [-0.3, -0.25) is 0 Å². The molecule has 15 heavy (non-hydrogen) atoms. The third-order valence-corrected chi connectivity index (χ3v) is 2.24. The number of ether oxygens (including phenoxy) is 1. The monoisotopic (exact) mass is 213 g/mol. The van der Waals surface area contributed by atoms with Gasteiger partial charge in [0.15, 0.2) is 0 Å². The highest BCUT2D eigenvalue weighted by Gasteiger charge is 2.15. The Balaban J connectivity index is 2.55. The summed E-state index contributed by atoms with van der Waals surface area (Å²) in [5, 5.41) is 3.88. The first-order valence-electron chi connectivity index (χ1n) is 5.28. The number of hydrogen-bond donors (Lipinski definition) is 1. The lowest BCUT2D eigenvalue weighted by Crippen LogP contribution is -2.15. The molecular weight excluding hydrogens is 194 g/mol. The third kappa shape index (κ3) is 3.60. The maximum absolute atomic E-state index is 5.64. The van der Waals surface area contributed by atoms with E-state index in [4.69, 9.17) is 15.0 Å². The van der Waals surface area contributed by atoms with Crippen molar-refractivity contribution in [2.24, 2.45) is 5.73 Å². The number of rotatable bonds is 6. The Hall–Kier alpha value is -0.940. The molecule has 0 saturated heterocycles. The molecule has 2 N–H and O–H groups in total. The third-order valence-electron chi connectivity index (χ3n) is 2.24. The molecule has 0 amide bonds. The van der Waals surface area contributed by atoms with Crippen LogP contribution >= 0.6 is 0 Å². The Labute approximate surface area is 90.0 Å². The molecule has 0 aromatic carbocycles. The summed E-state index contributed by atoms with van der Waals surface area (Å²) in [4.78, 5) is 4.27. The van der Waals surface area contributed by atoms with Gasteiger partial charge in [-0.15, -0.1) is 0 Å². The molecule has 0 aliphatic heterocycles. The molecule has 1 aromatic rings. The van der Waals surface area contributed by atoms with Crippen LogP contribution in [0, 0.1) is 0 Å². The van der Waals surface area contributed by atoms with E-state index in [1.807, 2.05) is 13.8 Å². The molecule has 0 radical (unpaired) electrons. The molecule has 0 bridgehead atoms. The van der Waals surface area contributed by atoms with Crippen molar-refractivity contribution in [1.29, 1.82) is 0 Å². The van der Waals surface area contributed by atoms with Gasteiger partial charge in [0.05, 0.1) is 0 Å². The highest BCUT2D eigenvalue weighted by Crippen LogP contribution is 2.16. The van der Waals surface area contributed by atoms with E-state index in [2.05, 4.69) is 10.1 Å². The van der Waals surface area contributed by atoms with E-state index >= 15 is 0 Å². The van der Waals surface area contributed by atoms with Gasteiger partial charge in [-0.2, -0.15) is 4.98 Å². The van der Waals surface area contributed by atoms with Crippen molar-refractivity contribution >= 4 is 0 Å². The van der Waals surface area contributed by atoms with Gasteiger partial charge in [0, 0.05) is 19.6 Å².